The third-order valence-electron chi connectivity index (χ3n) is 10.5. The lowest BCUT2D eigenvalue weighted by Gasteiger charge is -2.28. The number of aromatic nitrogens is 2. The molecule has 2 heterocycles. The van der Waals surface area contributed by atoms with Crippen LogP contribution in [0.3, 0.4) is 0 Å². The summed E-state index contributed by atoms with van der Waals surface area (Å²) in [5, 5.41) is 29.8. The molecule has 60 heavy (non-hydrogen) atoms. The maximum atomic E-state index is 14.0. The molecule has 0 aliphatic carbocycles. The molecule has 0 unspecified atom stereocenters. The summed E-state index contributed by atoms with van der Waals surface area (Å²) in [6.45, 7) is 6.23. The Morgan fingerprint density at radius 2 is 1.47 bits per heavy atom. The van der Waals surface area contributed by atoms with Crippen LogP contribution in [-0.2, 0) is 58.3 Å². The van der Waals surface area contributed by atoms with Gasteiger partial charge < -0.3 is 40.9 Å². The smallest absolute Gasteiger partial charge is 0.326 e. The number of aliphatic hydroxyl groups excluding tert-OH is 1. The van der Waals surface area contributed by atoms with Crippen molar-refractivity contribution in [1.29, 1.82) is 0 Å². The molecule has 334 valence electrons. The van der Waals surface area contributed by atoms with Crippen molar-refractivity contribution in [2.24, 2.45) is 11.8 Å². The highest BCUT2D eigenvalue weighted by Crippen LogP contribution is 2.19. The van der Waals surface area contributed by atoms with E-state index in [0.29, 0.717) is 31.6 Å². The van der Waals surface area contributed by atoms with E-state index in [2.05, 4.69) is 38.4 Å². The Balaban J connectivity index is 1.76. The number of unbranched alkanes of at least 4 members (excludes halogenated alkanes) is 5. The predicted molar refractivity (Wildman–Crippen MR) is 222 cm³/mol. The van der Waals surface area contributed by atoms with E-state index < -0.39 is 88.2 Å². The number of carbonyl (C=O) groups excluding carboxylic acids is 5. The van der Waals surface area contributed by atoms with Crippen LogP contribution >= 0.6 is 0 Å². The Morgan fingerprint density at radius 3 is 2.08 bits per heavy atom. The number of likely N-dealkylation sites (tertiary alicyclic amines) is 1. The number of rotatable bonds is 26. The van der Waals surface area contributed by atoms with Gasteiger partial charge >= 0.3 is 5.97 Å². The van der Waals surface area contributed by atoms with Crippen molar-refractivity contribution in [3.05, 3.63) is 54.1 Å². The number of imidazole rings is 1. The van der Waals surface area contributed by atoms with Gasteiger partial charge in [0.2, 0.25) is 29.5 Å². The molecule has 1 aromatic heterocycles. The van der Waals surface area contributed by atoms with Crippen molar-refractivity contribution >= 4 is 45.6 Å². The Morgan fingerprint density at radius 1 is 0.850 bits per heavy atom. The van der Waals surface area contributed by atoms with E-state index in [0.717, 1.165) is 44.9 Å². The summed E-state index contributed by atoms with van der Waals surface area (Å²) in [7, 11) is -4.61. The number of carboxylic acids is 1. The quantitative estimate of drug-likeness (QED) is 0.0526. The number of hydrogen-bond donors (Lipinski definition) is 7. The van der Waals surface area contributed by atoms with E-state index in [1.807, 2.05) is 36.6 Å². The van der Waals surface area contributed by atoms with Gasteiger partial charge in [0, 0.05) is 44.2 Å². The summed E-state index contributed by atoms with van der Waals surface area (Å²) in [4.78, 5) is 84.5. The summed E-state index contributed by atoms with van der Waals surface area (Å²) in [6, 6.07) is 3.53. The molecule has 1 aliphatic heterocycles. The number of aliphatic carboxylic acids is 1. The van der Waals surface area contributed by atoms with Crippen LogP contribution in [0.2, 0.25) is 0 Å². The first-order chi connectivity index (χ1) is 28.4. The lowest BCUT2D eigenvalue weighted by Crippen LogP contribution is -2.60. The first-order valence-corrected chi connectivity index (χ1v) is 22.3. The first-order valence-electron chi connectivity index (χ1n) is 20.7. The lowest BCUT2D eigenvalue weighted by atomic mass is 10.0. The molecule has 7 N–H and O–H groups in total. The van der Waals surface area contributed by atoms with E-state index in [1.165, 1.54) is 24.3 Å². The molecule has 1 aliphatic rings. The summed E-state index contributed by atoms with van der Waals surface area (Å²) in [5.74, 6) is -7.56. The van der Waals surface area contributed by atoms with Crippen molar-refractivity contribution in [2.75, 3.05) is 18.9 Å². The van der Waals surface area contributed by atoms with Crippen LogP contribution in [0.4, 0.5) is 0 Å². The number of benzene rings is 1. The van der Waals surface area contributed by atoms with E-state index >= 15 is 0 Å². The third kappa shape index (κ3) is 16.6. The van der Waals surface area contributed by atoms with E-state index in [9.17, 15) is 52.0 Å². The number of hydrogen-bond acceptors (Lipinski definition) is 10. The van der Waals surface area contributed by atoms with E-state index in [1.54, 1.807) is 12.5 Å². The zero-order chi connectivity index (χ0) is 44.4. The van der Waals surface area contributed by atoms with Gasteiger partial charge in [0.1, 0.15) is 30.2 Å². The Bertz CT molecular complexity index is 1840. The standard InChI is InChI=1S/C41H63N7O11S/c1-27(2)21-32(44-40(54)35-18-14-20-48(35)29(4)50)37(51)43-33(38(52)45-34(24-49)39(53)46-36(41(55)56)28(3)25-60(57,58)59)22-31-23-42-26-47(31)19-13-8-6-5-7-10-15-30-16-11-9-12-17-30/h9,11-12,16-17,23,26-28,32-36,49H,5-8,10,13-15,18-22,24-25H2,1-4H3,(H,43,51)(H,44,54)(H,45,52)(H,46,53)(H,55,56)(H,57,58,59)/t28-,32-,33-,34-,35-,36-/m0/s1. The molecule has 3 rings (SSSR count). The molecular weight excluding hydrogens is 799 g/mol. The Labute approximate surface area is 352 Å². The second kappa shape index (κ2) is 24.4. The summed E-state index contributed by atoms with van der Waals surface area (Å²) in [5.41, 5.74) is 1.89. The van der Waals surface area contributed by atoms with Gasteiger partial charge in [0.25, 0.3) is 10.1 Å². The van der Waals surface area contributed by atoms with Crippen molar-refractivity contribution in [3.8, 4) is 0 Å². The average Bonchev–Trinajstić information content (AvgIpc) is 3.86. The maximum absolute atomic E-state index is 14.0. The summed E-state index contributed by atoms with van der Waals surface area (Å²) in [6.07, 6.45) is 11.4. The van der Waals surface area contributed by atoms with Gasteiger partial charge in [0.15, 0.2) is 0 Å². The Hall–Kier alpha value is -4.88. The largest absolute Gasteiger partial charge is 0.480 e. The number of nitrogens with zero attached hydrogens (tertiary/aromatic N) is 3. The second-order valence-corrected chi connectivity index (χ2v) is 17.6. The molecule has 19 heteroatoms. The van der Waals surface area contributed by atoms with Crippen LogP contribution in [0.5, 0.6) is 0 Å². The van der Waals surface area contributed by atoms with Gasteiger partial charge in [-0.1, -0.05) is 76.8 Å². The lowest BCUT2D eigenvalue weighted by molar-refractivity contribution is -0.143. The van der Waals surface area contributed by atoms with Crippen LogP contribution in [0.25, 0.3) is 0 Å². The Kier molecular flexibility index (Phi) is 20.1. The molecule has 0 bridgehead atoms. The number of carbonyl (C=O) groups is 6. The highest BCUT2D eigenvalue weighted by atomic mass is 32.2. The van der Waals surface area contributed by atoms with Gasteiger partial charge in [-0.05, 0) is 50.0 Å². The van der Waals surface area contributed by atoms with Gasteiger partial charge in [-0.2, -0.15) is 8.42 Å². The molecule has 1 fully saturated rings. The fraction of sp³-hybridized carbons (Fsp3) is 0.634. The highest BCUT2D eigenvalue weighted by molar-refractivity contribution is 7.85. The monoisotopic (exact) mass is 861 g/mol. The van der Waals surface area contributed by atoms with Crippen molar-refractivity contribution in [3.63, 3.8) is 0 Å². The van der Waals surface area contributed by atoms with E-state index in [4.69, 9.17) is 0 Å². The zero-order valence-electron chi connectivity index (χ0n) is 35.0. The molecule has 1 aromatic carbocycles. The van der Waals surface area contributed by atoms with Gasteiger partial charge in [-0.15, -0.1) is 0 Å². The van der Waals surface area contributed by atoms with E-state index in [-0.39, 0.29) is 24.7 Å². The number of aryl methyl sites for hydroxylation is 2. The fourth-order valence-electron chi connectivity index (χ4n) is 7.36. The topological polar surface area (TPSA) is 266 Å². The average molecular weight is 862 g/mol. The zero-order valence-corrected chi connectivity index (χ0v) is 35.9. The molecule has 6 atom stereocenters. The molecule has 0 spiro atoms. The van der Waals surface area contributed by atoms with Crippen molar-refractivity contribution in [1.82, 2.24) is 35.7 Å². The van der Waals surface area contributed by atoms with Crippen LogP contribution in [-0.4, -0.2) is 122 Å². The third-order valence-corrected chi connectivity index (χ3v) is 11.5. The van der Waals surface area contributed by atoms with Crippen molar-refractivity contribution in [2.45, 2.75) is 135 Å². The fourth-order valence-corrected chi connectivity index (χ4v) is 8.21. The number of aliphatic hydroxyl groups is 1. The second-order valence-electron chi connectivity index (χ2n) is 16.1. The number of amides is 5. The molecule has 0 radical (unpaired) electrons. The van der Waals surface area contributed by atoms with Crippen molar-refractivity contribution < 1.29 is 52.0 Å². The molecule has 1 saturated heterocycles. The minimum Gasteiger partial charge on any atom is -0.480 e. The van der Waals surface area contributed by atoms with Gasteiger partial charge in [0.05, 0.1) is 18.7 Å². The number of nitrogens with one attached hydrogen (secondary N) is 4. The van der Waals surface area contributed by atoms with Crippen LogP contribution < -0.4 is 21.3 Å². The molecule has 18 nitrogen and oxygen atoms in total. The summed E-state index contributed by atoms with van der Waals surface area (Å²) < 4.78 is 33.9. The first kappa shape index (κ1) is 49.5. The molecule has 0 saturated carbocycles. The summed E-state index contributed by atoms with van der Waals surface area (Å²) >= 11 is 0. The molecular formula is C41H63N7O11S. The SMILES string of the molecule is CC(=O)N1CCC[C@H]1C(=O)N[C@@H](CC(C)C)C(=O)N[C@@H](Cc1cncn1CCCCCCCCc1ccccc1)C(=O)N[C@@H](CO)C(=O)N[C@H](C(=O)O)[C@@H](C)CS(=O)(=O)O. The van der Waals surface area contributed by atoms with Crippen LogP contribution in [0.1, 0.15) is 96.7 Å². The number of carboxylic acid groups (broad SMARTS) is 1. The molecule has 2 aromatic rings. The minimum atomic E-state index is -4.61. The minimum absolute atomic E-state index is 0.0843. The highest BCUT2D eigenvalue weighted by Gasteiger charge is 2.37. The van der Waals surface area contributed by atoms with Gasteiger partial charge in [-0.25, -0.2) is 9.78 Å². The predicted octanol–water partition coefficient (Wildman–Crippen LogP) is 1.61. The normalized spacial score (nSPS) is 16.6. The van der Waals surface area contributed by atoms with Crippen LogP contribution in [0.15, 0.2) is 42.9 Å². The van der Waals surface area contributed by atoms with Crippen LogP contribution in [0, 0.1) is 11.8 Å². The van der Waals surface area contributed by atoms with Gasteiger partial charge in [-0.3, -0.25) is 28.5 Å². The maximum Gasteiger partial charge on any atom is 0.326 e. The molecule has 5 amide bonds.